The first-order valence-corrected chi connectivity index (χ1v) is 15.3. The number of para-hydroxylation sites is 1. The quantitative estimate of drug-likeness (QED) is 0.302. The standard InChI is InChI=1S/C34H37ClN4O5/c1-4-38-29(22-37-18-19-39(23(3)21-37)32(40)27-16-9-10-17-28(27)35)30(33(41)43-5-2)31(36-34(38)42)24-12-11-15-26(20-24)44-25-13-7-6-8-14-25/h6-17,20,23,31H,4-5,18-19,21-22H2,1-3H3,(H,36,42)/t23-,31+/m1/s1. The highest BCUT2D eigenvalue weighted by Crippen LogP contribution is 2.34. The number of rotatable bonds is 9. The zero-order valence-electron chi connectivity index (χ0n) is 25.2. The molecule has 44 heavy (non-hydrogen) atoms. The number of ether oxygens (including phenoxy) is 2. The Kier molecular flexibility index (Phi) is 9.87. The van der Waals surface area contributed by atoms with Crippen molar-refractivity contribution < 1.29 is 23.9 Å². The zero-order chi connectivity index (χ0) is 31.2. The summed E-state index contributed by atoms with van der Waals surface area (Å²) >= 11 is 6.32. The van der Waals surface area contributed by atoms with E-state index < -0.39 is 12.0 Å². The molecule has 3 amide bonds. The van der Waals surface area contributed by atoms with Gasteiger partial charge in [0.2, 0.25) is 0 Å². The first kappa shape index (κ1) is 31.1. The lowest BCUT2D eigenvalue weighted by atomic mass is 9.93. The molecule has 5 rings (SSSR count). The van der Waals surface area contributed by atoms with Crippen molar-refractivity contribution in [1.29, 1.82) is 0 Å². The van der Waals surface area contributed by atoms with Crippen LogP contribution in [0.15, 0.2) is 90.1 Å². The monoisotopic (exact) mass is 616 g/mol. The maximum absolute atomic E-state index is 13.6. The summed E-state index contributed by atoms with van der Waals surface area (Å²) < 4.78 is 11.6. The number of benzene rings is 3. The van der Waals surface area contributed by atoms with E-state index in [1.54, 1.807) is 36.1 Å². The van der Waals surface area contributed by atoms with E-state index in [0.29, 0.717) is 71.6 Å². The number of piperazine rings is 1. The van der Waals surface area contributed by atoms with E-state index in [1.165, 1.54) is 0 Å². The highest BCUT2D eigenvalue weighted by atomic mass is 35.5. The van der Waals surface area contributed by atoms with E-state index in [9.17, 15) is 14.4 Å². The molecular weight excluding hydrogens is 580 g/mol. The van der Waals surface area contributed by atoms with Gasteiger partial charge in [-0.2, -0.15) is 0 Å². The second kappa shape index (κ2) is 14.0. The molecule has 0 unspecified atom stereocenters. The van der Waals surface area contributed by atoms with Crippen molar-refractivity contribution in [3.63, 3.8) is 0 Å². The van der Waals surface area contributed by atoms with Gasteiger partial charge in [0.25, 0.3) is 5.91 Å². The number of amides is 3. The molecule has 0 aromatic heterocycles. The van der Waals surface area contributed by atoms with Crippen LogP contribution in [0.1, 0.15) is 42.7 Å². The Morgan fingerprint density at radius 1 is 0.955 bits per heavy atom. The number of halogens is 1. The van der Waals surface area contributed by atoms with Crippen molar-refractivity contribution in [1.82, 2.24) is 20.0 Å². The lowest BCUT2D eigenvalue weighted by Crippen LogP contribution is -2.56. The van der Waals surface area contributed by atoms with E-state index in [4.69, 9.17) is 21.1 Å². The summed E-state index contributed by atoms with van der Waals surface area (Å²) in [5.41, 5.74) is 2.15. The van der Waals surface area contributed by atoms with Crippen LogP contribution in [0.2, 0.25) is 5.02 Å². The van der Waals surface area contributed by atoms with Crippen molar-refractivity contribution in [3.05, 3.63) is 106 Å². The van der Waals surface area contributed by atoms with E-state index in [1.807, 2.05) is 73.3 Å². The van der Waals surface area contributed by atoms with Gasteiger partial charge < -0.3 is 19.7 Å². The van der Waals surface area contributed by atoms with E-state index in [0.717, 1.165) is 0 Å². The van der Waals surface area contributed by atoms with Gasteiger partial charge in [0.05, 0.1) is 28.8 Å². The Bertz CT molecular complexity index is 1550. The van der Waals surface area contributed by atoms with Gasteiger partial charge in [0.1, 0.15) is 11.5 Å². The van der Waals surface area contributed by atoms with Crippen LogP contribution < -0.4 is 10.1 Å². The molecule has 2 aliphatic heterocycles. The van der Waals surface area contributed by atoms with Crippen LogP contribution in [-0.2, 0) is 9.53 Å². The molecule has 3 aromatic rings. The number of carbonyl (C=O) groups is 3. The molecule has 0 aliphatic carbocycles. The number of likely N-dealkylation sites (N-methyl/N-ethyl adjacent to an activating group) is 1. The second-order valence-electron chi connectivity index (χ2n) is 10.8. The number of urea groups is 1. The third kappa shape index (κ3) is 6.74. The predicted molar refractivity (Wildman–Crippen MR) is 169 cm³/mol. The summed E-state index contributed by atoms with van der Waals surface area (Å²) in [5.74, 6) is 0.663. The van der Waals surface area contributed by atoms with Crippen molar-refractivity contribution in [2.75, 3.05) is 39.3 Å². The van der Waals surface area contributed by atoms with Gasteiger partial charge in [-0.1, -0.05) is 54.1 Å². The Labute approximate surface area is 263 Å². The van der Waals surface area contributed by atoms with E-state index in [2.05, 4.69) is 10.2 Å². The molecule has 230 valence electrons. The maximum atomic E-state index is 13.6. The van der Waals surface area contributed by atoms with Gasteiger partial charge >= 0.3 is 12.0 Å². The second-order valence-corrected chi connectivity index (χ2v) is 11.2. The van der Waals surface area contributed by atoms with Crippen LogP contribution in [0.5, 0.6) is 11.5 Å². The normalized spacial score (nSPS) is 19.0. The van der Waals surface area contributed by atoms with Crippen LogP contribution in [0.4, 0.5) is 4.79 Å². The van der Waals surface area contributed by atoms with Gasteiger partial charge in [0, 0.05) is 44.5 Å². The summed E-state index contributed by atoms with van der Waals surface area (Å²) in [4.78, 5) is 46.0. The third-order valence-corrected chi connectivity index (χ3v) is 8.20. The number of nitrogens with zero attached hydrogens (tertiary/aromatic N) is 3. The molecule has 9 nitrogen and oxygen atoms in total. The molecule has 1 N–H and O–H groups in total. The van der Waals surface area contributed by atoms with E-state index in [-0.39, 0.29) is 24.6 Å². The molecular formula is C34H37ClN4O5. The van der Waals surface area contributed by atoms with E-state index >= 15 is 0 Å². The summed E-state index contributed by atoms with van der Waals surface area (Å²) in [7, 11) is 0. The molecule has 1 fully saturated rings. The largest absolute Gasteiger partial charge is 0.463 e. The van der Waals surface area contributed by atoms with Gasteiger partial charge in [-0.25, -0.2) is 9.59 Å². The van der Waals surface area contributed by atoms with Gasteiger partial charge in [0.15, 0.2) is 0 Å². The molecule has 2 aliphatic rings. The number of hydrogen-bond acceptors (Lipinski definition) is 6. The van der Waals surface area contributed by atoms with Gasteiger partial charge in [-0.15, -0.1) is 0 Å². The fourth-order valence-electron chi connectivity index (χ4n) is 5.77. The third-order valence-electron chi connectivity index (χ3n) is 7.87. The van der Waals surface area contributed by atoms with Crippen molar-refractivity contribution in [3.8, 4) is 11.5 Å². The van der Waals surface area contributed by atoms with Crippen molar-refractivity contribution in [2.45, 2.75) is 32.9 Å². The Morgan fingerprint density at radius 3 is 2.39 bits per heavy atom. The maximum Gasteiger partial charge on any atom is 0.338 e. The Hall–Kier alpha value is -4.34. The predicted octanol–water partition coefficient (Wildman–Crippen LogP) is 5.88. The summed E-state index contributed by atoms with van der Waals surface area (Å²) in [6.07, 6.45) is 0. The minimum absolute atomic E-state index is 0.112. The fourth-order valence-corrected chi connectivity index (χ4v) is 5.99. The van der Waals surface area contributed by atoms with Crippen LogP contribution in [0, 0.1) is 0 Å². The number of hydrogen-bond donors (Lipinski definition) is 1. The van der Waals surface area contributed by atoms with Crippen LogP contribution in [0.3, 0.4) is 0 Å². The first-order chi connectivity index (χ1) is 21.3. The molecule has 10 heteroatoms. The number of nitrogens with one attached hydrogen (secondary N) is 1. The molecule has 2 heterocycles. The lowest BCUT2D eigenvalue weighted by molar-refractivity contribution is -0.139. The SMILES string of the molecule is CCOC(=O)C1=C(CN2CCN(C(=O)c3ccccc3Cl)[C@H](C)C2)N(CC)C(=O)N[C@H]1c1cccc(Oc2ccccc2)c1. The number of esters is 1. The van der Waals surface area contributed by atoms with Crippen molar-refractivity contribution in [2.24, 2.45) is 0 Å². The minimum atomic E-state index is -0.737. The smallest absolute Gasteiger partial charge is 0.338 e. The van der Waals surface area contributed by atoms with Gasteiger partial charge in [-0.05, 0) is 62.7 Å². The van der Waals surface area contributed by atoms with Crippen molar-refractivity contribution >= 4 is 29.5 Å². The molecule has 0 radical (unpaired) electrons. The van der Waals surface area contributed by atoms with Crippen LogP contribution in [-0.4, -0.2) is 78.0 Å². The first-order valence-electron chi connectivity index (χ1n) is 14.9. The minimum Gasteiger partial charge on any atom is -0.463 e. The van der Waals surface area contributed by atoms with Gasteiger partial charge in [-0.3, -0.25) is 14.6 Å². The molecule has 1 saturated heterocycles. The molecule has 0 spiro atoms. The zero-order valence-corrected chi connectivity index (χ0v) is 25.9. The number of carbonyl (C=O) groups excluding carboxylic acids is 3. The summed E-state index contributed by atoms with van der Waals surface area (Å²) in [6, 6.07) is 22.7. The average molecular weight is 617 g/mol. The topological polar surface area (TPSA) is 91.4 Å². The molecule has 0 saturated carbocycles. The highest BCUT2D eigenvalue weighted by molar-refractivity contribution is 6.33. The lowest BCUT2D eigenvalue weighted by Gasteiger charge is -2.43. The summed E-state index contributed by atoms with van der Waals surface area (Å²) in [5, 5.41) is 3.45. The van der Waals surface area contributed by atoms with Crippen LogP contribution in [0.25, 0.3) is 0 Å². The molecule has 0 bridgehead atoms. The fraction of sp³-hybridized carbons (Fsp3) is 0.324. The average Bonchev–Trinajstić information content (AvgIpc) is 3.02. The molecule has 2 atom stereocenters. The Balaban J connectivity index is 1.44. The Morgan fingerprint density at radius 2 is 1.68 bits per heavy atom. The highest BCUT2D eigenvalue weighted by Gasteiger charge is 2.39. The summed E-state index contributed by atoms with van der Waals surface area (Å²) in [6.45, 7) is 8.13. The van der Waals surface area contributed by atoms with Crippen LogP contribution >= 0.6 is 11.6 Å². The molecule has 3 aromatic carbocycles.